The van der Waals surface area contributed by atoms with Gasteiger partial charge in [-0.15, -0.1) is 0 Å². The lowest BCUT2D eigenvalue weighted by Crippen LogP contribution is -2.59. The third kappa shape index (κ3) is 4.34. The first-order valence-corrected chi connectivity index (χ1v) is 10.1. The molecule has 1 unspecified atom stereocenters. The quantitative estimate of drug-likeness (QED) is 0.151. The van der Waals surface area contributed by atoms with Gasteiger partial charge < -0.3 is 9.47 Å². The fraction of sp³-hybridized carbons (Fsp3) is 0.190. The van der Waals surface area contributed by atoms with Gasteiger partial charge in [-0.1, -0.05) is 40.2 Å². The number of methoxy groups -OCH3 is 1. The number of nitrogens with zero attached hydrogens (tertiary/aromatic N) is 1. The van der Waals surface area contributed by atoms with Gasteiger partial charge >= 0.3 is 18.0 Å². The van der Waals surface area contributed by atoms with Gasteiger partial charge in [-0.05, 0) is 23.8 Å². The van der Waals surface area contributed by atoms with Gasteiger partial charge in [0.05, 0.1) is 20.1 Å². The van der Waals surface area contributed by atoms with Crippen LogP contribution < -0.4 is 11.3 Å². The molecule has 3 amide bonds. The molecule has 0 radical (unpaired) electrons. The lowest BCUT2D eigenvalue weighted by atomic mass is 9.71. The van der Waals surface area contributed by atoms with Crippen molar-refractivity contribution in [2.24, 2.45) is 5.84 Å². The number of imide groups is 1. The second kappa shape index (κ2) is 9.46. The number of carbonyl (C=O) groups is 5. The van der Waals surface area contributed by atoms with Crippen molar-refractivity contribution in [3.63, 3.8) is 0 Å². The first-order chi connectivity index (χ1) is 15.6. The van der Waals surface area contributed by atoms with Gasteiger partial charge in [0, 0.05) is 15.6 Å². The highest BCUT2D eigenvalue weighted by Gasteiger charge is 2.58. The molecule has 0 fully saturated rings. The van der Waals surface area contributed by atoms with E-state index in [4.69, 9.17) is 10.6 Å². The first-order valence-electron chi connectivity index (χ1n) is 9.35. The van der Waals surface area contributed by atoms with Gasteiger partial charge in [0.1, 0.15) is 5.82 Å². The number of hydrogen-bond acceptors (Lipinski definition) is 8. The van der Waals surface area contributed by atoms with E-state index in [0.717, 1.165) is 13.2 Å². The van der Waals surface area contributed by atoms with Gasteiger partial charge in [0.25, 0.3) is 11.8 Å². The van der Waals surface area contributed by atoms with Gasteiger partial charge in [0.2, 0.25) is 0 Å². The van der Waals surface area contributed by atoms with E-state index in [1.165, 1.54) is 36.4 Å². The predicted octanol–water partition coefficient (Wildman–Crippen LogP) is 1.70. The number of amides is 3. The molecule has 2 aromatic rings. The average Bonchev–Trinajstić information content (AvgIpc) is 2.80. The summed E-state index contributed by atoms with van der Waals surface area (Å²) in [6, 6.07) is 9.65. The number of ether oxygens (including phenoxy) is 2. The first kappa shape index (κ1) is 24.0. The van der Waals surface area contributed by atoms with E-state index < -0.39 is 54.0 Å². The van der Waals surface area contributed by atoms with Crippen molar-refractivity contribution in [3.8, 4) is 0 Å². The minimum Gasteiger partial charge on any atom is -0.468 e. The maximum absolute atomic E-state index is 14.5. The number of benzene rings is 2. The third-order valence-electron chi connectivity index (χ3n) is 5.08. The largest absolute Gasteiger partial charge is 0.468 e. The Morgan fingerprint density at radius 1 is 1.18 bits per heavy atom. The summed E-state index contributed by atoms with van der Waals surface area (Å²) >= 11 is 3.12. The molecule has 12 heteroatoms. The van der Waals surface area contributed by atoms with Crippen molar-refractivity contribution in [2.45, 2.75) is 18.4 Å². The van der Waals surface area contributed by atoms with Crippen molar-refractivity contribution in [3.05, 3.63) is 69.4 Å². The Bertz CT molecular complexity index is 1170. The number of rotatable bonds is 5. The number of hydrogen-bond donors (Lipinski definition) is 2. The van der Waals surface area contributed by atoms with E-state index in [-0.39, 0.29) is 16.7 Å². The summed E-state index contributed by atoms with van der Waals surface area (Å²) in [5, 5.41) is 0. The minimum atomic E-state index is -2.36. The highest BCUT2D eigenvalue weighted by Crippen LogP contribution is 2.40. The molecule has 0 bridgehead atoms. The molecule has 1 heterocycles. The van der Waals surface area contributed by atoms with Crippen molar-refractivity contribution in [1.29, 1.82) is 0 Å². The molecule has 1 atom stereocenters. The van der Waals surface area contributed by atoms with Crippen molar-refractivity contribution >= 4 is 45.8 Å². The molecule has 0 saturated carbocycles. The molecule has 0 aliphatic carbocycles. The van der Waals surface area contributed by atoms with Crippen LogP contribution in [0.1, 0.15) is 27.9 Å². The maximum atomic E-state index is 14.5. The fourth-order valence-corrected chi connectivity index (χ4v) is 3.92. The number of nitrogens with one attached hydrogen (secondary N) is 1. The van der Waals surface area contributed by atoms with E-state index in [0.29, 0.717) is 9.37 Å². The molecule has 33 heavy (non-hydrogen) atoms. The van der Waals surface area contributed by atoms with Crippen LogP contribution in [0.3, 0.4) is 0 Å². The zero-order chi connectivity index (χ0) is 24.3. The van der Waals surface area contributed by atoms with Gasteiger partial charge in [-0.2, -0.15) is 0 Å². The summed E-state index contributed by atoms with van der Waals surface area (Å²) in [4.78, 5) is 64.2. The van der Waals surface area contributed by atoms with Crippen molar-refractivity contribution in [1.82, 2.24) is 10.3 Å². The second-order valence-electron chi connectivity index (χ2n) is 6.96. The lowest BCUT2D eigenvalue weighted by molar-refractivity contribution is -0.161. The van der Waals surface area contributed by atoms with Crippen LogP contribution in [0.2, 0.25) is 0 Å². The molecular weight excluding hydrogens is 505 g/mol. The van der Waals surface area contributed by atoms with E-state index in [2.05, 4.69) is 20.7 Å². The number of nitrogens with two attached hydrogens (primary N) is 1. The van der Waals surface area contributed by atoms with E-state index >= 15 is 0 Å². The zero-order valence-electron chi connectivity index (χ0n) is 17.1. The molecular formula is C21H17BrFN3O7. The minimum absolute atomic E-state index is 0.0110. The summed E-state index contributed by atoms with van der Waals surface area (Å²) in [6.45, 7) is -0.526. The van der Waals surface area contributed by atoms with Crippen molar-refractivity contribution in [2.75, 3.05) is 7.11 Å². The number of halogens is 2. The number of hydrazine groups is 1. The molecule has 1 aliphatic heterocycles. The third-order valence-corrected chi connectivity index (χ3v) is 5.58. The van der Waals surface area contributed by atoms with Crippen LogP contribution in [0.25, 0.3) is 0 Å². The Labute approximate surface area is 194 Å². The summed E-state index contributed by atoms with van der Waals surface area (Å²) in [6.07, 6.45) is -2.29. The number of carbonyl (C=O) groups excluding carboxylic acids is 5. The van der Waals surface area contributed by atoms with Crippen LogP contribution in [0.15, 0.2) is 46.9 Å². The Morgan fingerprint density at radius 2 is 1.88 bits per heavy atom. The van der Waals surface area contributed by atoms with Crippen LogP contribution in [0, 0.1) is 5.82 Å². The van der Waals surface area contributed by atoms with Gasteiger partial charge in [0.15, 0.2) is 5.41 Å². The topological polar surface area (TPSA) is 145 Å². The van der Waals surface area contributed by atoms with Crippen LogP contribution in [0.5, 0.6) is 0 Å². The number of esters is 2. The van der Waals surface area contributed by atoms with Crippen molar-refractivity contribution < 1.29 is 37.8 Å². The van der Waals surface area contributed by atoms with Crippen LogP contribution >= 0.6 is 15.9 Å². The second-order valence-corrected chi connectivity index (χ2v) is 7.87. The summed E-state index contributed by atoms with van der Waals surface area (Å²) in [7, 11) is 0.993. The van der Waals surface area contributed by atoms with Gasteiger partial charge in [-0.3, -0.25) is 29.5 Å². The van der Waals surface area contributed by atoms with Crippen LogP contribution in [-0.4, -0.2) is 41.9 Å². The summed E-state index contributed by atoms with van der Waals surface area (Å²) in [5.41, 5.74) is -0.970. The normalized spacial score (nSPS) is 17.3. The van der Waals surface area contributed by atoms with E-state index in [9.17, 15) is 28.4 Å². The molecule has 3 rings (SSSR count). The Hall–Kier alpha value is -3.64. The highest BCUT2D eigenvalue weighted by molar-refractivity contribution is 9.10. The Kier molecular flexibility index (Phi) is 6.89. The van der Waals surface area contributed by atoms with Gasteiger partial charge in [-0.25, -0.2) is 15.0 Å². The molecule has 2 aromatic carbocycles. The smallest absolute Gasteiger partial charge is 0.429 e. The number of fused-ring (bicyclic) bond motifs is 1. The monoisotopic (exact) mass is 521 g/mol. The van der Waals surface area contributed by atoms with E-state index in [1.807, 2.05) is 0 Å². The highest BCUT2D eigenvalue weighted by atomic mass is 79.9. The Morgan fingerprint density at radius 3 is 2.52 bits per heavy atom. The molecule has 10 nitrogen and oxygen atoms in total. The molecule has 3 N–H and O–H groups in total. The van der Waals surface area contributed by atoms with E-state index in [1.54, 1.807) is 5.43 Å². The van der Waals surface area contributed by atoms with Crippen LogP contribution in [-0.2, 0) is 35.8 Å². The standard InChI is InChI=1S/C21H17BrFN3O7/c1-32-19(30)21(9-16(27)33-20(31)25-24)14-5-3-2-4-13(14)17(28)26(18(21)29)10-11-6-7-12(22)8-15(11)23/h2-8H,9-10,24H2,1H3,(H,25,31). The predicted molar refractivity (Wildman–Crippen MR) is 113 cm³/mol. The zero-order valence-corrected chi connectivity index (χ0v) is 18.7. The Balaban J connectivity index is 2.15. The molecule has 0 spiro atoms. The lowest BCUT2D eigenvalue weighted by Gasteiger charge is -2.39. The molecule has 0 aromatic heterocycles. The molecule has 172 valence electrons. The average molecular weight is 522 g/mol. The SMILES string of the molecule is COC(=O)C1(CC(=O)OC(=O)NN)C(=O)N(Cc2ccc(Br)cc2F)C(=O)c2ccccc21. The molecule has 1 aliphatic rings. The summed E-state index contributed by atoms with van der Waals surface area (Å²) in [5.74, 6) is -0.186. The fourth-order valence-electron chi connectivity index (χ4n) is 3.59. The maximum Gasteiger partial charge on any atom is 0.429 e. The molecule has 0 saturated heterocycles. The summed E-state index contributed by atoms with van der Waals surface area (Å²) < 4.78 is 24.2. The van der Waals surface area contributed by atoms with Crippen LogP contribution in [0.4, 0.5) is 9.18 Å².